The number of nitrogens with one attached hydrogen (secondary N) is 1. The molecule has 0 amide bonds. The number of likely N-dealkylation sites (tertiary alicyclic amines) is 1. The van der Waals surface area contributed by atoms with Crippen LogP contribution >= 0.6 is 0 Å². The maximum absolute atomic E-state index is 11.3. The SMILES string of the molecule is COC(=O)CN1CCC(NC2CC2C(C)=Cc2ccccc2)CC1. The van der Waals surface area contributed by atoms with Crippen molar-refractivity contribution in [2.75, 3.05) is 26.7 Å². The van der Waals surface area contributed by atoms with Crippen LogP contribution in [-0.2, 0) is 9.53 Å². The van der Waals surface area contributed by atoms with Gasteiger partial charge < -0.3 is 10.1 Å². The highest BCUT2D eigenvalue weighted by Gasteiger charge is 2.39. The molecule has 3 rings (SSSR count). The van der Waals surface area contributed by atoms with Gasteiger partial charge in [-0.1, -0.05) is 42.0 Å². The van der Waals surface area contributed by atoms with Crippen LogP contribution in [0.1, 0.15) is 31.7 Å². The molecule has 2 unspecified atom stereocenters. The Kier molecular flexibility index (Phi) is 5.69. The van der Waals surface area contributed by atoms with Crippen LogP contribution < -0.4 is 5.32 Å². The van der Waals surface area contributed by atoms with E-state index in [9.17, 15) is 4.79 Å². The molecule has 2 fully saturated rings. The van der Waals surface area contributed by atoms with Gasteiger partial charge in [-0.05, 0) is 37.7 Å². The van der Waals surface area contributed by atoms with Crippen molar-refractivity contribution in [3.8, 4) is 0 Å². The third kappa shape index (κ3) is 4.68. The van der Waals surface area contributed by atoms with E-state index in [4.69, 9.17) is 4.74 Å². The molecule has 1 aliphatic heterocycles. The Morgan fingerprint density at radius 1 is 1.29 bits per heavy atom. The van der Waals surface area contributed by atoms with Gasteiger partial charge in [-0.2, -0.15) is 0 Å². The van der Waals surface area contributed by atoms with Crippen LogP contribution in [0, 0.1) is 5.92 Å². The van der Waals surface area contributed by atoms with E-state index in [1.165, 1.54) is 24.7 Å². The van der Waals surface area contributed by atoms with Crippen LogP contribution in [0.15, 0.2) is 35.9 Å². The molecule has 1 aromatic rings. The maximum atomic E-state index is 11.3. The van der Waals surface area contributed by atoms with Gasteiger partial charge in [0.25, 0.3) is 0 Å². The zero-order chi connectivity index (χ0) is 16.9. The van der Waals surface area contributed by atoms with Crippen LogP contribution in [0.3, 0.4) is 0 Å². The fraction of sp³-hybridized carbons (Fsp3) is 0.550. The number of carbonyl (C=O) groups excluding carboxylic acids is 1. The van der Waals surface area contributed by atoms with Crippen molar-refractivity contribution >= 4 is 12.0 Å². The van der Waals surface area contributed by atoms with E-state index < -0.39 is 0 Å². The molecule has 4 nitrogen and oxygen atoms in total. The van der Waals surface area contributed by atoms with Gasteiger partial charge in [0.1, 0.15) is 0 Å². The summed E-state index contributed by atoms with van der Waals surface area (Å²) in [7, 11) is 1.45. The van der Waals surface area contributed by atoms with E-state index in [0.717, 1.165) is 25.9 Å². The van der Waals surface area contributed by atoms with E-state index in [1.54, 1.807) is 0 Å². The lowest BCUT2D eigenvalue weighted by Gasteiger charge is -2.31. The first-order chi connectivity index (χ1) is 11.7. The number of hydrogen-bond acceptors (Lipinski definition) is 4. The van der Waals surface area contributed by atoms with Crippen molar-refractivity contribution in [1.29, 1.82) is 0 Å². The van der Waals surface area contributed by atoms with Gasteiger partial charge in [-0.3, -0.25) is 9.69 Å². The standard InChI is InChI=1S/C20H28N2O2/c1-15(12-16-6-4-3-5-7-16)18-13-19(18)21-17-8-10-22(11-9-17)14-20(23)24-2/h3-7,12,17-19,21H,8-11,13-14H2,1-2H3. The predicted molar refractivity (Wildman–Crippen MR) is 96.6 cm³/mol. The molecule has 24 heavy (non-hydrogen) atoms. The van der Waals surface area contributed by atoms with E-state index in [1.807, 2.05) is 0 Å². The summed E-state index contributed by atoms with van der Waals surface area (Å²) in [4.78, 5) is 13.5. The Morgan fingerprint density at radius 3 is 2.67 bits per heavy atom. The summed E-state index contributed by atoms with van der Waals surface area (Å²) in [5.74, 6) is 0.545. The summed E-state index contributed by atoms with van der Waals surface area (Å²) in [5.41, 5.74) is 2.76. The zero-order valence-corrected chi connectivity index (χ0v) is 14.7. The molecule has 2 aliphatic rings. The molecular formula is C20H28N2O2. The second-order valence-corrected chi connectivity index (χ2v) is 7.04. The van der Waals surface area contributed by atoms with E-state index in [0.29, 0.717) is 24.5 Å². The minimum absolute atomic E-state index is 0.134. The predicted octanol–water partition coefficient (Wildman–Crippen LogP) is 2.71. The summed E-state index contributed by atoms with van der Waals surface area (Å²) >= 11 is 0. The minimum Gasteiger partial charge on any atom is -0.468 e. The van der Waals surface area contributed by atoms with Gasteiger partial charge in [0.15, 0.2) is 0 Å². The second kappa shape index (κ2) is 7.95. The number of carbonyl (C=O) groups is 1. The van der Waals surface area contributed by atoms with Crippen LogP contribution in [0.5, 0.6) is 0 Å². The summed E-state index contributed by atoms with van der Waals surface area (Å²) in [6.07, 6.45) is 5.78. The van der Waals surface area contributed by atoms with Crippen LogP contribution in [0.25, 0.3) is 6.08 Å². The Labute approximate surface area is 144 Å². The number of hydrogen-bond donors (Lipinski definition) is 1. The molecule has 0 bridgehead atoms. The molecule has 1 N–H and O–H groups in total. The van der Waals surface area contributed by atoms with Crippen molar-refractivity contribution in [3.63, 3.8) is 0 Å². The van der Waals surface area contributed by atoms with Gasteiger partial charge in [0.2, 0.25) is 0 Å². The monoisotopic (exact) mass is 328 g/mol. The average Bonchev–Trinajstić information content (AvgIpc) is 3.37. The fourth-order valence-electron chi connectivity index (χ4n) is 3.61. The number of piperidine rings is 1. The lowest BCUT2D eigenvalue weighted by atomic mass is 10.0. The first-order valence-electron chi connectivity index (χ1n) is 8.94. The highest BCUT2D eigenvalue weighted by atomic mass is 16.5. The number of methoxy groups -OCH3 is 1. The molecule has 1 aromatic carbocycles. The van der Waals surface area contributed by atoms with Crippen LogP contribution in [0.2, 0.25) is 0 Å². The molecule has 2 atom stereocenters. The van der Waals surface area contributed by atoms with Crippen molar-refractivity contribution in [2.24, 2.45) is 5.92 Å². The topological polar surface area (TPSA) is 41.6 Å². The summed E-state index contributed by atoms with van der Waals surface area (Å²) < 4.78 is 4.74. The lowest BCUT2D eigenvalue weighted by molar-refractivity contribution is -0.142. The van der Waals surface area contributed by atoms with Crippen molar-refractivity contribution in [1.82, 2.24) is 10.2 Å². The number of nitrogens with zero attached hydrogens (tertiary/aromatic N) is 1. The Morgan fingerprint density at radius 2 is 2.00 bits per heavy atom. The summed E-state index contributed by atoms with van der Waals surface area (Å²) in [5, 5.41) is 3.81. The molecule has 1 saturated heterocycles. The number of esters is 1. The minimum atomic E-state index is -0.134. The normalized spacial score (nSPS) is 25.5. The van der Waals surface area contributed by atoms with Crippen LogP contribution in [-0.4, -0.2) is 49.7 Å². The largest absolute Gasteiger partial charge is 0.468 e. The van der Waals surface area contributed by atoms with E-state index in [-0.39, 0.29) is 5.97 Å². The molecule has 0 spiro atoms. The zero-order valence-electron chi connectivity index (χ0n) is 14.7. The van der Waals surface area contributed by atoms with Crippen molar-refractivity contribution in [3.05, 3.63) is 41.5 Å². The lowest BCUT2D eigenvalue weighted by Crippen LogP contribution is -2.45. The first-order valence-corrected chi connectivity index (χ1v) is 8.94. The highest BCUT2D eigenvalue weighted by molar-refractivity contribution is 5.71. The summed E-state index contributed by atoms with van der Waals surface area (Å²) in [6.45, 7) is 4.62. The van der Waals surface area contributed by atoms with Crippen molar-refractivity contribution in [2.45, 2.75) is 38.3 Å². The maximum Gasteiger partial charge on any atom is 0.319 e. The molecule has 4 heteroatoms. The Bertz CT molecular complexity index is 577. The number of benzene rings is 1. The average molecular weight is 328 g/mol. The van der Waals surface area contributed by atoms with Crippen molar-refractivity contribution < 1.29 is 9.53 Å². The third-order valence-corrected chi connectivity index (χ3v) is 5.19. The smallest absolute Gasteiger partial charge is 0.319 e. The molecular weight excluding hydrogens is 300 g/mol. The summed E-state index contributed by atoms with van der Waals surface area (Å²) in [6, 6.07) is 11.8. The molecule has 0 radical (unpaired) electrons. The van der Waals surface area contributed by atoms with Gasteiger partial charge in [0.05, 0.1) is 13.7 Å². The molecule has 130 valence electrons. The van der Waals surface area contributed by atoms with Gasteiger partial charge in [-0.25, -0.2) is 0 Å². The first kappa shape index (κ1) is 17.2. The quantitative estimate of drug-likeness (QED) is 0.815. The van der Waals surface area contributed by atoms with E-state index >= 15 is 0 Å². The van der Waals surface area contributed by atoms with E-state index in [2.05, 4.69) is 53.5 Å². The number of ether oxygens (including phenoxy) is 1. The molecule has 1 saturated carbocycles. The Balaban J connectivity index is 1.41. The number of rotatable bonds is 6. The molecule has 1 heterocycles. The van der Waals surface area contributed by atoms with Gasteiger partial charge in [-0.15, -0.1) is 0 Å². The van der Waals surface area contributed by atoms with Crippen LogP contribution in [0.4, 0.5) is 0 Å². The highest BCUT2D eigenvalue weighted by Crippen LogP contribution is 2.38. The fourth-order valence-corrected chi connectivity index (χ4v) is 3.61. The van der Waals surface area contributed by atoms with Gasteiger partial charge >= 0.3 is 5.97 Å². The molecule has 1 aliphatic carbocycles. The second-order valence-electron chi connectivity index (χ2n) is 7.04. The third-order valence-electron chi connectivity index (χ3n) is 5.19. The van der Waals surface area contributed by atoms with Gasteiger partial charge in [0, 0.05) is 25.2 Å². The Hall–Kier alpha value is -1.65. The molecule has 0 aromatic heterocycles.